The van der Waals surface area contributed by atoms with Crippen molar-refractivity contribution in [1.29, 1.82) is 0 Å². The van der Waals surface area contributed by atoms with Gasteiger partial charge in [-0.05, 0) is 24.3 Å². The lowest BCUT2D eigenvalue weighted by atomic mass is 9.78. The fraction of sp³-hybridized carbons (Fsp3) is 0.600. The Morgan fingerprint density at radius 2 is 1.91 bits per heavy atom. The normalized spacial score (nSPS) is 27.8. The zero-order chi connectivity index (χ0) is 22.7. The van der Waals surface area contributed by atoms with Crippen LogP contribution in [0.15, 0.2) is 36.1 Å². The summed E-state index contributed by atoms with van der Waals surface area (Å²) in [4.78, 5) is 35.9. The number of ether oxygens (including phenoxy) is 1. The van der Waals surface area contributed by atoms with Gasteiger partial charge in [0, 0.05) is 36.0 Å². The summed E-state index contributed by atoms with van der Waals surface area (Å²) in [7, 11) is 0. The molecule has 2 aromatic rings. The topological polar surface area (TPSA) is 81.2 Å². The molecule has 2 aromatic heterocycles. The SMILES string of the molecule is O=C(C[N+]12CCC(CC1)[C@@H](OC(=O)C1(c3cccs3)CCCCCC1)C2)Nc1cnccn1.[Br-]. The zero-order valence-corrected chi connectivity index (χ0v) is 21.9. The number of nitrogens with one attached hydrogen (secondary N) is 1. The third-order valence-corrected chi connectivity index (χ3v) is 9.02. The smallest absolute Gasteiger partial charge is 0.317 e. The summed E-state index contributed by atoms with van der Waals surface area (Å²) in [5.41, 5.74) is -0.495. The molecule has 5 heterocycles. The maximum atomic E-state index is 13.8. The molecule has 1 amide bonds. The van der Waals surface area contributed by atoms with Crippen LogP contribution in [0.25, 0.3) is 0 Å². The first-order chi connectivity index (χ1) is 16.1. The molecule has 0 aromatic carbocycles. The van der Waals surface area contributed by atoms with E-state index in [-0.39, 0.29) is 35.0 Å². The number of rotatable bonds is 6. The number of amides is 1. The Labute approximate surface area is 215 Å². The Hall–Kier alpha value is -1.84. The van der Waals surface area contributed by atoms with Crippen molar-refractivity contribution in [3.05, 3.63) is 41.0 Å². The number of quaternary nitrogens is 1. The van der Waals surface area contributed by atoms with Gasteiger partial charge in [0.2, 0.25) is 0 Å². The average Bonchev–Trinajstić information content (AvgIpc) is 3.25. The van der Waals surface area contributed by atoms with Crippen molar-refractivity contribution in [3.63, 3.8) is 0 Å². The second-order valence-electron chi connectivity index (χ2n) is 10.0. The van der Waals surface area contributed by atoms with E-state index in [0.717, 1.165) is 63.0 Å². The summed E-state index contributed by atoms with van der Waals surface area (Å²) in [6.45, 7) is 3.03. The lowest BCUT2D eigenvalue weighted by Gasteiger charge is -2.52. The van der Waals surface area contributed by atoms with Crippen molar-refractivity contribution < 1.29 is 35.8 Å². The van der Waals surface area contributed by atoms with E-state index in [2.05, 4.69) is 26.7 Å². The Morgan fingerprint density at radius 3 is 2.56 bits per heavy atom. The number of carbonyl (C=O) groups excluding carboxylic acids is 2. The Bertz CT molecular complexity index is 956. The van der Waals surface area contributed by atoms with Gasteiger partial charge in [-0.15, -0.1) is 11.3 Å². The number of thiophene rings is 1. The molecule has 0 spiro atoms. The molecule has 1 saturated carbocycles. The van der Waals surface area contributed by atoms with Crippen molar-refractivity contribution in [1.82, 2.24) is 9.97 Å². The summed E-state index contributed by atoms with van der Waals surface area (Å²) in [6.07, 6.45) is 12.9. The molecule has 0 radical (unpaired) electrons. The molecule has 1 N–H and O–H groups in total. The number of carbonyl (C=O) groups is 2. The van der Waals surface area contributed by atoms with E-state index in [9.17, 15) is 9.59 Å². The minimum absolute atomic E-state index is 0. The lowest BCUT2D eigenvalue weighted by molar-refractivity contribution is -0.939. The van der Waals surface area contributed by atoms with E-state index < -0.39 is 5.41 Å². The summed E-state index contributed by atoms with van der Waals surface area (Å²) >= 11 is 1.68. The van der Waals surface area contributed by atoms with Gasteiger partial charge in [0.15, 0.2) is 18.5 Å². The van der Waals surface area contributed by atoms with Gasteiger partial charge in [-0.25, -0.2) is 4.98 Å². The van der Waals surface area contributed by atoms with Crippen LogP contribution < -0.4 is 22.3 Å². The summed E-state index contributed by atoms with van der Waals surface area (Å²) in [6, 6.07) is 4.16. The highest BCUT2D eigenvalue weighted by Crippen LogP contribution is 2.43. The number of hydrogen-bond acceptors (Lipinski definition) is 6. The van der Waals surface area contributed by atoms with Gasteiger partial charge in [-0.2, -0.15) is 0 Å². The highest BCUT2D eigenvalue weighted by molar-refractivity contribution is 7.10. The molecule has 7 nitrogen and oxygen atoms in total. The number of aromatic nitrogens is 2. The van der Waals surface area contributed by atoms with Crippen LogP contribution in [0.4, 0.5) is 5.82 Å². The van der Waals surface area contributed by atoms with E-state index in [1.165, 1.54) is 12.8 Å². The second-order valence-corrected chi connectivity index (χ2v) is 11.0. The maximum absolute atomic E-state index is 13.8. The first kappa shape index (κ1) is 25.3. The third kappa shape index (κ3) is 5.21. The van der Waals surface area contributed by atoms with Crippen LogP contribution in [0.1, 0.15) is 56.2 Å². The molecule has 1 atom stereocenters. The fourth-order valence-electron chi connectivity index (χ4n) is 6.11. The van der Waals surface area contributed by atoms with Crippen LogP contribution in [0.3, 0.4) is 0 Å². The summed E-state index contributed by atoms with van der Waals surface area (Å²) in [5, 5.41) is 4.94. The minimum Gasteiger partial charge on any atom is -1.00 e. The van der Waals surface area contributed by atoms with Crippen molar-refractivity contribution >= 4 is 29.0 Å². The van der Waals surface area contributed by atoms with Crippen LogP contribution in [0.2, 0.25) is 0 Å². The van der Waals surface area contributed by atoms with Crippen molar-refractivity contribution in [2.45, 2.75) is 62.9 Å². The Kier molecular flexibility index (Phi) is 8.05. The van der Waals surface area contributed by atoms with Gasteiger partial charge < -0.3 is 31.5 Å². The van der Waals surface area contributed by atoms with E-state index in [1.807, 2.05) is 6.07 Å². The van der Waals surface area contributed by atoms with Gasteiger partial charge in [0.25, 0.3) is 5.91 Å². The molecule has 3 saturated heterocycles. The Morgan fingerprint density at radius 1 is 1.15 bits per heavy atom. The Balaban J connectivity index is 0.00000274. The second kappa shape index (κ2) is 10.8. The molecule has 0 unspecified atom stereocenters. The highest BCUT2D eigenvalue weighted by Gasteiger charge is 2.51. The maximum Gasteiger partial charge on any atom is 0.317 e. The quantitative estimate of drug-likeness (QED) is 0.330. The van der Waals surface area contributed by atoms with Crippen molar-refractivity contribution in [3.8, 4) is 0 Å². The van der Waals surface area contributed by atoms with Crippen LogP contribution in [-0.4, -0.2) is 58.6 Å². The third-order valence-electron chi connectivity index (χ3n) is 7.95. The van der Waals surface area contributed by atoms with E-state index in [0.29, 0.717) is 22.8 Å². The first-order valence-corrected chi connectivity index (χ1v) is 13.1. The summed E-state index contributed by atoms with van der Waals surface area (Å²) in [5.74, 6) is 0.789. The molecule has 2 bridgehead atoms. The number of nitrogens with zero attached hydrogens (tertiary/aromatic N) is 3. The predicted octanol–water partition coefficient (Wildman–Crippen LogP) is 0.925. The molecular weight excluding hydrogens is 516 g/mol. The van der Waals surface area contributed by atoms with Crippen molar-refractivity contribution in [2.24, 2.45) is 5.92 Å². The van der Waals surface area contributed by atoms with Gasteiger partial charge >= 0.3 is 5.97 Å². The largest absolute Gasteiger partial charge is 1.00 e. The van der Waals surface area contributed by atoms with Gasteiger partial charge in [-0.1, -0.05) is 31.7 Å². The van der Waals surface area contributed by atoms with E-state index in [1.54, 1.807) is 29.9 Å². The predicted molar refractivity (Wildman–Crippen MR) is 127 cm³/mol. The zero-order valence-electron chi connectivity index (χ0n) is 19.5. The molecule has 4 fully saturated rings. The standard InChI is InChI=1S/C25H32N4O3S.BrH/c30-23(28-22-16-26-11-12-27-22)18-29-13-7-19(8-14-29)20(17-29)32-24(31)25(21-6-5-15-33-21)9-3-1-2-4-10-25;/h5-6,11-12,15-16,19-20H,1-4,7-10,13-14,17-18H2;1H/t19?,20-,29?;/m0./s1. The molecule has 9 heteroatoms. The number of piperidine rings is 3. The van der Waals surface area contributed by atoms with Crippen molar-refractivity contribution in [2.75, 3.05) is 31.5 Å². The van der Waals surface area contributed by atoms with Crippen LogP contribution in [0.5, 0.6) is 0 Å². The van der Waals surface area contributed by atoms with Gasteiger partial charge in [0.1, 0.15) is 12.0 Å². The highest BCUT2D eigenvalue weighted by atomic mass is 79.9. The summed E-state index contributed by atoms with van der Waals surface area (Å²) < 4.78 is 7.06. The molecule has 184 valence electrons. The number of hydrogen-bond donors (Lipinski definition) is 1. The van der Waals surface area contributed by atoms with Gasteiger partial charge in [0.05, 0.1) is 19.3 Å². The minimum atomic E-state index is -0.495. The number of anilines is 1. The lowest BCUT2D eigenvalue weighted by Crippen LogP contribution is -3.00. The average molecular weight is 550 g/mol. The molecule has 1 aliphatic carbocycles. The van der Waals surface area contributed by atoms with Crippen LogP contribution in [0, 0.1) is 5.92 Å². The number of esters is 1. The monoisotopic (exact) mass is 548 g/mol. The van der Waals surface area contributed by atoms with Gasteiger partial charge in [-0.3, -0.25) is 14.6 Å². The van der Waals surface area contributed by atoms with Crippen LogP contribution >= 0.6 is 11.3 Å². The molecule has 34 heavy (non-hydrogen) atoms. The van der Waals surface area contributed by atoms with Crippen LogP contribution in [-0.2, 0) is 19.7 Å². The van der Waals surface area contributed by atoms with E-state index >= 15 is 0 Å². The fourth-order valence-corrected chi connectivity index (χ4v) is 7.09. The van der Waals surface area contributed by atoms with E-state index in [4.69, 9.17) is 4.74 Å². The molecule has 6 rings (SSSR count). The number of fused-ring (bicyclic) bond motifs is 3. The molecule has 3 aliphatic heterocycles. The molecule has 4 aliphatic rings. The number of halogens is 1. The molecular formula is C25H33BrN4O3S. The first-order valence-electron chi connectivity index (χ1n) is 12.2.